The van der Waals surface area contributed by atoms with Gasteiger partial charge in [-0.15, -0.1) is 0 Å². The van der Waals surface area contributed by atoms with Crippen molar-refractivity contribution in [3.63, 3.8) is 0 Å². The lowest BCUT2D eigenvalue weighted by Gasteiger charge is -2.30. The Kier molecular flexibility index (Phi) is 10.2. The fourth-order valence-corrected chi connectivity index (χ4v) is 4.51. The van der Waals surface area contributed by atoms with E-state index < -0.39 is 21.9 Å². The molecular weight excluding hydrogens is 469 g/mol. The fourth-order valence-electron chi connectivity index (χ4n) is 3.55. The highest BCUT2D eigenvalue weighted by atomic mass is 32.2. The molecule has 0 bridgehead atoms. The first-order chi connectivity index (χ1) is 16.4. The Hall–Kier alpha value is -2.94. The van der Waals surface area contributed by atoms with E-state index in [1.54, 1.807) is 6.92 Å². The Labute approximate surface area is 208 Å². The van der Waals surface area contributed by atoms with Gasteiger partial charge in [0.25, 0.3) is 0 Å². The van der Waals surface area contributed by atoms with E-state index >= 15 is 0 Å². The van der Waals surface area contributed by atoms with Gasteiger partial charge in [-0.1, -0.05) is 36.8 Å². The number of carbonyl (C=O) groups excluding carboxylic acids is 2. The van der Waals surface area contributed by atoms with Crippen molar-refractivity contribution in [2.75, 3.05) is 17.1 Å². The fraction of sp³-hybridized carbons (Fsp3) is 0.462. The summed E-state index contributed by atoms with van der Waals surface area (Å²) in [6.07, 6.45) is 2.14. The number of anilines is 1. The van der Waals surface area contributed by atoms with Gasteiger partial charge in [0.05, 0.1) is 11.9 Å². The predicted octanol–water partition coefficient (Wildman–Crippen LogP) is 4.01. The number of aryl methyl sites for hydroxylation is 1. The van der Waals surface area contributed by atoms with Crippen LogP contribution in [0.25, 0.3) is 0 Å². The summed E-state index contributed by atoms with van der Waals surface area (Å²) in [6, 6.07) is 12.2. The maximum atomic E-state index is 13.3. The smallest absolute Gasteiger partial charge is 0.242 e. The molecule has 2 atom stereocenters. The minimum Gasteiger partial charge on any atom is -0.352 e. The van der Waals surface area contributed by atoms with Crippen molar-refractivity contribution < 1.29 is 22.4 Å². The minimum atomic E-state index is -3.63. The van der Waals surface area contributed by atoms with Gasteiger partial charge in [-0.2, -0.15) is 0 Å². The van der Waals surface area contributed by atoms with Gasteiger partial charge in [0.2, 0.25) is 21.8 Å². The van der Waals surface area contributed by atoms with Crippen LogP contribution in [-0.2, 0) is 26.2 Å². The Balaban J connectivity index is 2.15. The van der Waals surface area contributed by atoms with Crippen molar-refractivity contribution in [3.8, 4) is 0 Å². The van der Waals surface area contributed by atoms with Gasteiger partial charge in [0.1, 0.15) is 11.9 Å². The normalized spacial score (nSPS) is 13.1. The summed E-state index contributed by atoms with van der Waals surface area (Å²) < 4.78 is 39.1. The second-order valence-electron chi connectivity index (χ2n) is 8.92. The standard InChI is InChI=1S/C26H36FN3O4S/c1-6-20(3)28-26(32)21(4)29(18-22-11-9-19(2)10-12-22)25(31)8-7-17-30(35(5,33)34)24-15-13-23(27)14-16-24/h9-16,20-21H,6-8,17-18H2,1-5H3,(H,28,32)/t20-,21-/m1/s1. The molecule has 192 valence electrons. The number of nitrogens with zero attached hydrogens (tertiary/aromatic N) is 2. The number of amides is 2. The molecule has 35 heavy (non-hydrogen) atoms. The third-order valence-electron chi connectivity index (χ3n) is 5.91. The van der Waals surface area contributed by atoms with Crippen molar-refractivity contribution in [1.29, 1.82) is 0 Å². The zero-order chi connectivity index (χ0) is 26.2. The molecule has 2 amide bonds. The molecule has 0 aliphatic carbocycles. The summed E-state index contributed by atoms with van der Waals surface area (Å²) in [6.45, 7) is 7.88. The Morgan fingerprint density at radius 2 is 1.63 bits per heavy atom. The number of carbonyl (C=O) groups is 2. The molecule has 2 aromatic rings. The number of halogens is 1. The quantitative estimate of drug-likeness (QED) is 0.472. The minimum absolute atomic E-state index is 0.0136. The van der Waals surface area contributed by atoms with Crippen molar-refractivity contribution in [3.05, 3.63) is 65.5 Å². The maximum absolute atomic E-state index is 13.3. The van der Waals surface area contributed by atoms with E-state index in [4.69, 9.17) is 0 Å². The Morgan fingerprint density at radius 1 is 1.03 bits per heavy atom. The lowest BCUT2D eigenvalue weighted by molar-refractivity contribution is -0.140. The zero-order valence-electron chi connectivity index (χ0n) is 21.1. The molecule has 0 aromatic heterocycles. The molecule has 0 aliphatic heterocycles. The molecule has 2 rings (SSSR count). The molecule has 0 fully saturated rings. The van der Waals surface area contributed by atoms with Crippen LogP contribution < -0.4 is 9.62 Å². The van der Waals surface area contributed by atoms with Crippen LogP contribution in [0.3, 0.4) is 0 Å². The number of benzene rings is 2. The van der Waals surface area contributed by atoms with Crippen LogP contribution in [0.1, 0.15) is 51.2 Å². The Morgan fingerprint density at radius 3 is 2.17 bits per heavy atom. The number of hydrogen-bond donors (Lipinski definition) is 1. The van der Waals surface area contributed by atoms with Crippen LogP contribution in [-0.4, -0.2) is 50.0 Å². The van der Waals surface area contributed by atoms with Crippen molar-refractivity contribution >= 4 is 27.5 Å². The third-order valence-corrected chi connectivity index (χ3v) is 7.10. The topological polar surface area (TPSA) is 86.8 Å². The molecule has 1 N–H and O–H groups in total. The Bertz CT molecular complexity index is 1090. The van der Waals surface area contributed by atoms with Crippen LogP contribution in [0, 0.1) is 12.7 Å². The van der Waals surface area contributed by atoms with E-state index in [-0.39, 0.29) is 43.8 Å². The van der Waals surface area contributed by atoms with Crippen molar-refractivity contribution in [2.24, 2.45) is 0 Å². The highest BCUT2D eigenvalue weighted by Gasteiger charge is 2.27. The van der Waals surface area contributed by atoms with Gasteiger partial charge >= 0.3 is 0 Å². The van der Waals surface area contributed by atoms with Crippen LogP contribution in [0.5, 0.6) is 0 Å². The van der Waals surface area contributed by atoms with Gasteiger partial charge in [0, 0.05) is 25.6 Å². The highest BCUT2D eigenvalue weighted by molar-refractivity contribution is 7.92. The van der Waals surface area contributed by atoms with Gasteiger partial charge in [-0.25, -0.2) is 12.8 Å². The van der Waals surface area contributed by atoms with Crippen molar-refractivity contribution in [1.82, 2.24) is 10.2 Å². The lowest BCUT2D eigenvalue weighted by Crippen LogP contribution is -2.49. The van der Waals surface area contributed by atoms with E-state index in [2.05, 4.69) is 5.32 Å². The van der Waals surface area contributed by atoms with Gasteiger partial charge < -0.3 is 10.2 Å². The van der Waals surface area contributed by atoms with Crippen LogP contribution in [0.4, 0.5) is 10.1 Å². The summed E-state index contributed by atoms with van der Waals surface area (Å²) >= 11 is 0. The molecule has 0 spiro atoms. The second kappa shape index (κ2) is 12.7. The molecule has 0 saturated heterocycles. The predicted molar refractivity (Wildman–Crippen MR) is 137 cm³/mol. The van der Waals surface area contributed by atoms with E-state index in [9.17, 15) is 22.4 Å². The molecule has 0 heterocycles. The SMILES string of the molecule is CC[C@@H](C)NC(=O)[C@@H](C)N(Cc1ccc(C)cc1)C(=O)CCCN(c1ccc(F)cc1)S(C)(=O)=O. The van der Waals surface area contributed by atoms with E-state index in [1.165, 1.54) is 29.2 Å². The largest absolute Gasteiger partial charge is 0.352 e. The first-order valence-electron chi connectivity index (χ1n) is 11.8. The molecule has 0 unspecified atom stereocenters. The maximum Gasteiger partial charge on any atom is 0.242 e. The average molecular weight is 506 g/mol. The molecular formula is C26H36FN3O4S. The molecule has 0 aliphatic rings. The van der Waals surface area contributed by atoms with Crippen LogP contribution in [0.2, 0.25) is 0 Å². The zero-order valence-corrected chi connectivity index (χ0v) is 21.9. The summed E-state index contributed by atoms with van der Waals surface area (Å²) in [5.74, 6) is -0.942. The first kappa shape index (κ1) is 28.3. The lowest BCUT2D eigenvalue weighted by atomic mass is 10.1. The van der Waals surface area contributed by atoms with E-state index in [1.807, 2.05) is 45.0 Å². The number of sulfonamides is 1. The van der Waals surface area contributed by atoms with Crippen LogP contribution >= 0.6 is 0 Å². The van der Waals surface area contributed by atoms with Gasteiger partial charge in [-0.3, -0.25) is 13.9 Å². The first-order valence-corrected chi connectivity index (χ1v) is 13.7. The van der Waals surface area contributed by atoms with Gasteiger partial charge in [0.15, 0.2) is 0 Å². The monoisotopic (exact) mass is 505 g/mol. The summed E-state index contributed by atoms with van der Waals surface area (Å²) in [4.78, 5) is 27.6. The summed E-state index contributed by atoms with van der Waals surface area (Å²) in [5, 5.41) is 2.93. The third kappa shape index (κ3) is 8.65. The number of nitrogens with one attached hydrogen (secondary N) is 1. The average Bonchev–Trinajstić information content (AvgIpc) is 2.80. The second-order valence-corrected chi connectivity index (χ2v) is 10.8. The highest BCUT2D eigenvalue weighted by Crippen LogP contribution is 2.20. The van der Waals surface area contributed by atoms with E-state index in [0.717, 1.165) is 28.1 Å². The molecule has 0 radical (unpaired) electrons. The van der Waals surface area contributed by atoms with E-state index in [0.29, 0.717) is 5.69 Å². The molecule has 0 saturated carbocycles. The summed E-state index contributed by atoms with van der Waals surface area (Å²) in [7, 11) is -3.63. The van der Waals surface area contributed by atoms with Crippen LogP contribution in [0.15, 0.2) is 48.5 Å². The number of rotatable bonds is 12. The summed E-state index contributed by atoms with van der Waals surface area (Å²) in [5.41, 5.74) is 2.33. The molecule has 9 heteroatoms. The van der Waals surface area contributed by atoms with Crippen molar-refractivity contribution in [2.45, 2.75) is 65.6 Å². The van der Waals surface area contributed by atoms with Gasteiger partial charge in [-0.05, 0) is 63.4 Å². The molecule has 2 aromatic carbocycles. The number of hydrogen-bond acceptors (Lipinski definition) is 4. The molecule has 7 nitrogen and oxygen atoms in total.